The van der Waals surface area contributed by atoms with E-state index in [1.807, 2.05) is 29.6 Å². The molecule has 0 saturated carbocycles. The van der Waals surface area contributed by atoms with E-state index in [0.29, 0.717) is 5.56 Å². The molecular formula is C20H18FNOS. The number of thiophene rings is 1. The quantitative estimate of drug-likeness (QED) is 0.699. The summed E-state index contributed by atoms with van der Waals surface area (Å²) in [4.78, 5) is 13.6. The minimum atomic E-state index is -0.414. The van der Waals surface area contributed by atoms with Gasteiger partial charge in [-0.3, -0.25) is 4.79 Å². The number of rotatable bonds is 5. The van der Waals surface area contributed by atoms with E-state index >= 15 is 0 Å². The van der Waals surface area contributed by atoms with Gasteiger partial charge in [0.1, 0.15) is 5.82 Å². The molecule has 0 aliphatic carbocycles. The predicted octanol–water partition coefficient (Wildman–Crippen LogP) is 4.97. The lowest BCUT2D eigenvalue weighted by molar-refractivity contribution is 0.0943. The molecule has 0 saturated heterocycles. The average Bonchev–Trinajstić information content (AvgIpc) is 3.14. The van der Waals surface area contributed by atoms with Crippen molar-refractivity contribution < 1.29 is 9.18 Å². The molecule has 0 unspecified atom stereocenters. The third-order valence-corrected chi connectivity index (χ3v) is 4.85. The Labute approximate surface area is 145 Å². The highest BCUT2D eigenvalue weighted by Gasteiger charge is 2.19. The summed E-state index contributed by atoms with van der Waals surface area (Å²) in [5, 5.41) is 5.00. The standard InChI is InChI=1S/C20H18FNOS/c1-2-14-8-10-15(11-9-14)19(18-7-4-12-24-18)22-20(23)16-5-3-6-17(21)13-16/h3-13,19H,2H2,1H3,(H,22,23)/t19-/m1/s1. The van der Waals surface area contributed by atoms with Crippen molar-refractivity contribution in [2.24, 2.45) is 0 Å². The van der Waals surface area contributed by atoms with E-state index in [9.17, 15) is 9.18 Å². The third-order valence-electron chi connectivity index (χ3n) is 3.91. The van der Waals surface area contributed by atoms with Crippen molar-refractivity contribution in [3.05, 3.63) is 93.4 Å². The molecule has 1 heterocycles. The Morgan fingerprint density at radius 2 is 1.92 bits per heavy atom. The Morgan fingerprint density at radius 1 is 1.12 bits per heavy atom. The molecule has 0 aliphatic heterocycles. The van der Waals surface area contributed by atoms with E-state index < -0.39 is 5.82 Å². The van der Waals surface area contributed by atoms with Crippen LogP contribution in [0.25, 0.3) is 0 Å². The molecule has 1 N–H and O–H groups in total. The zero-order chi connectivity index (χ0) is 16.9. The number of hydrogen-bond acceptors (Lipinski definition) is 2. The van der Waals surface area contributed by atoms with Gasteiger partial charge in [0, 0.05) is 10.4 Å². The predicted molar refractivity (Wildman–Crippen MR) is 95.8 cm³/mol. The summed E-state index contributed by atoms with van der Waals surface area (Å²) in [6.07, 6.45) is 0.972. The van der Waals surface area contributed by atoms with Gasteiger partial charge in [-0.1, -0.05) is 43.3 Å². The molecule has 1 atom stereocenters. The van der Waals surface area contributed by atoms with Gasteiger partial charge in [0.15, 0.2) is 0 Å². The van der Waals surface area contributed by atoms with E-state index in [1.54, 1.807) is 23.5 Å². The van der Waals surface area contributed by atoms with Gasteiger partial charge >= 0.3 is 0 Å². The first-order valence-electron chi connectivity index (χ1n) is 7.86. The molecule has 0 aliphatic rings. The van der Waals surface area contributed by atoms with E-state index in [-0.39, 0.29) is 11.9 Å². The molecule has 0 bridgehead atoms. The van der Waals surface area contributed by atoms with Gasteiger partial charge in [-0.25, -0.2) is 4.39 Å². The molecule has 0 fully saturated rings. The van der Waals surface area contributed by atoms with Crippen molar-refractivity contribution in [1.29, 1.82) is 0 Å². The Hall–Kier alpha value is -2.46. The summed E-state index contributed by atoms with van der Waals surface area (Å²) in [5.74, 6) is -0.699. The van der Waals surface area contributed by atoms with E-state index in [4.69, 9.17) is 0 Å². The van der Waals surface area contributed by atoms with Crippen molar-refractivity contribution in [1.82, 2.24) is 5.32 Å². The largest absolute Gasteiger partial charge is 0.340 e. The normalized spacial score (nSPS) is 11.9. The molecule has 0 radical (unpaired) electrons. The number of hydrogen-bond donors (Lipinski definition) is 1. The fourth-order valence-corrected chi connectivity index (χ4v) is 3.37. The average molecular weight is 339 g/mol. The van der Waals surface area contributed by atoms with Crippen LogP contribution in [0.3, 0.4) is 0 Å². The summed E-state index contributed by atoms with van der Waals surface area (Å²) in [6.45, 7) is 2.11. The lowest BCUT2D eigenvalue weighted by atomic mass is 10.0. The van der Waals surface area contributed by atoms with Crippen molar-refractivity contribution in [3.63, 3.8) is 0 Å². The van der Waals surface area contributed by atoms with Crippen LogP contribution in [-0.2, 0) is 6.42 Å². The van der Waals surface area contributed by atoms with Gasteiger partial charge < -0.3 is 5.32 Å². The number of carbonyl (C=O) groups is 1. The van der Waals surface area contributed by atoms with Crippen molar-refractivity contribution in [2.75, 3.05) is 0 Å². The maximum absolute atomic E-state index is 13.4. The van der Waals surface area contributed by atoms with Crippen molar-refractivity contribution in [2.45, 2.75) is 19.4 Å². The van der Waals surface area contributed by atoms with E-state index in [1.165, 1.54) is 17.7 Å². The highest BCUT2D eigenvalue weighted by atomic mass is 32.1. The SMILES string of the molecule is CCc1ccc([C@@H](NC(=O)c2cccc(F)c2)c2cccs2)cc1. The highest BCUT2D eigenvalue weighted by molar-refractivity contribution is 7.10. The van der Waals surface area contributed by atoms with Crippen LogP contribution in [0.1, 0.15) is 39.3 Å². The van der Waals surface area contributed by atoms with Crippen LogP contribution >= 0.6 is 11.3 Å². The van der Waals surface area contributed by atoms with Crippen molar-refractivity contribution >= 4 is 17.2 Å². The second kappa shape index (κ2) is 7.41. The first-order chi connectivity index (χ1) is 11.7. The molecule has 0 spiro atoms. The number of carbonyl (C=O) groups excluding carboxylic acids is 1. The first-order valence-corrected chi connectivity index (χ1v) is 8.74. The maximum Gasteiger partial charge on any atom is 0.252 e. The summed E-state index contributed by atoms with van der Waals surface area (Å²) in [7, 11) is 0. The van der Waals surface area contributed by atoms with Crippen LogP contribution in [0.4, 0.5) is 4.39 Å². The second-order valence-electron chi connectivity index (χ2n) is 5.53. The van der Waals surface area contributed by atoms with Gasteiger partial charge in [-0.15, -0.1) is 11.3 Å². The molecule has 3 aromatic rings. The van der Waals surface area contributed by atoms with Gasteiger partial charge in [0.25, 0.3) is 5.91 Å². The van der Waals surface area contributed by atoms with Crippen molar-refractivity contribution in [3.8, 4) is 0 Å². The Kier molecular flexibility index (Phi) is 5.06. The smallest absolute Gasteiger partial charge is 0.252 e. The van der Waals surface area contributed by atoms with Crippen LogP contribution < -0.4 is 5.32 Å². The zero-order valence-corrected chi connectivity index (χ0v) is 14.1. The number of benzene rings is 2. The minimum absolute atomic E-state index is 0.244. The molecule has 2 aromatic carbocycles. The Morgan fingerprint density at radius 3 is 2.54 bits per heavy atom. The maximum atomic E-state index is 13.4. The third kappa shape index (κ3) is 3.71. The van der Waals surface area contributed by atoms with E-state index in [0.717, 1.165) is 16.9 Å². The van der Waals surface area contributed by atoms with Gasteiger partial charge in [-0.2, -0.15) is 0 Å². The van der Waals surface area contributed by atoms with Crippen LogP contribution in [0.5, 0.6) is 0 Å². The summed E-state index contributed by atoms with van der Waals surface area (Å²) in [5.41, 5.74) is 2.58. The van der Waals surface area contributed by atoms with Crippen LogP contribution in [0, 0.1) is 5.82 Å². The van der Waals surface area contributed by atoms with Gasteiger partial charge in [0.05, 0.1) is 6.04 Å². The van der Waals surface area contributed by atoms with Crippen LogP contribution in [-0.4, -0.2) is 5.91 Å². The summed E-state index contributed by atoms with van der Waals surface area (Å²) in [6, 6.07) is 17.7. The molecule has 4 heteroatoms. The molecular weight excluding hydrogens is 321 g/mol. The van der Waals surface area contributed by atoms with Crippen LogP contribution in [0.2, 0.25) is 0 Å². The van der Waals surface area contributed by atoms with E-state index in [2.05, 4.69) is 24.4 Å². The first kappa shape index (κ1) is 16.4. The molecule has 1 amide bonds. The lowest BCUT2D eigenvalue weighted by Crippen LogP contribution is -2.28. The minimum Gasteiger partial charge on any atom is -0.340 e. The molecule has 2 nitrogen and oxygen atoms in total. The number of nitrogens with one attached hydrogen (secondary N) is 1. The Bertz CT molecular complexity index is 812. The van der Waals surface area contributed by atoms with Gasteiger partial charge in [0.2, 0.25) is 0 Å². The lowest BCUT2D eigenvalue weighted by Gasteiger charge is -2.18. The number of halogens is 1. The number of amides is 1. The fourth-order valence-electron chi connectivity index (χ4n) is 2.56. The topological polar surface area (TPSA) is 29.1 Å². The molecule has 3 rings (SSSR count). The summed E-state index contributed by atoms with van der Waals surface area (Å²) >= 11 is 1.59. The Balaban J connectivity index is 1.89. The fraction of sp³-hybridized carbons (Fsp3) is 0.150. The highest BCUT2D eigenvalue weighted by Crippen LogP contribution is 2.27. The second-order valence-corrected chi connectivity index (χ2v) is 6.51. The van der Waals surface area contributed by atoms with Crippen LogP contribution in [0.15, 0.2) is 66.0 Å². The molecule has 1 aromatic heterocycles. The monoisotopic (exact) mass is 339 g/mol. The zero-order valence-electron chi connectivity index (χ0n) is 13.3. The number of aryl methyl sites for hydroxylation is 1. The van der Waals surface area contributed by atoms with Gasteiger partial charge in [-0.05, 0) is 47.2 Å². The summed E-state index contributed by atoms with van der Waals surface area (Å²) < 4.78 is 13.4. The molecule has 24 heavy (non-hydrogen) atoms. The molecule has 122 valence electrons.